The molecule has 0 fully saturated rings. The number of aryl methyl sites for hydroxylation is 1. The Kier molecular flexibility index (Phi) is 4.07. The summed E-state index contributed by atoms with van der Waals surface area (Å²) in [5.41, 5.74) is -0.280. The zero-order valence-corrected chi connectivity index (χ0v) is 10.3. The summed E-state index contributed by atoms with van der Waals surface area (Å²) in [6.45, 7) is 5.25. The minimum absolute atomic E-state index is 0.0109. The summed E-state index contributed by atoms with van der Waals surface area (Å²) in [6.07, 6.45) is 0.415. The highest BCUT2D eigenvalue weighted by atomic mass is 16.6. The molecule has 17 heavy (non-hydrogen) atoms. The van der Waals surface area contributed by atoms with E-state index in [2.05, 4.69) is 0 Å². The number of para-hydroxylation sites is 1. The lowest BCUT2D eigenvalue weighted by Crippen LogP contribution is -2.22. The molecule has 0 aliphatic carbocycles. The Morgan fingerprint density at radius 3 is 2.65 bits per heavy atom. The van der Waals surface area contributed by atoms with Crippen molar-refractivity contribution in [2.75, 3.05) is 6.61 Å². The SMILES string of the molecule is Cc1cccc(OCCC(C)(C)O)c1[N+](=O)[O-]. The van der Waals surface area contributed by atoms with Crippen LogP contribution in [0.3, 0.4) is 0 Å². The van der Waals surface area contributed by atoms with Gasteiger partial charge in [-0.25, -0.2) is 0 Å². The summed E-state index contributed by atoms with van der Waals surface area (Å²) < 4.78 is 5.35. The van der Waals surface area contributed by atoms with Gasteiger partial charge in [0.15, 0.2) is 5.75 Å². The van der Waals surface area contributed by atoms with Crippen LogP contribution in [-0.2, 0) is 0 Å². The summed E-state index contributed by atoms with van der Waals surface area (Å²) >= 11 is 0. The first kappa shape index (κ1) is 13.4. The highest BCUT2D eigenvalue weighted by Gasteiger charge is 2.19. The first-order valence-corrected chi connectivity index (χ1v) is 5.40. The topological polar surface area (TPSA) is 72.6 Å². The standard InChI is InChI=1S/C12H17NO4/c1-9-5-4-6-10(11(9)13(15)16)17-8-7-12(2,3)14/h4-6,14H,7-8H2,1-3H3. The molecule has 0 spiro atoms. The first-order valence-electron chi connectivity index (χ1n) is 5.40. The van der Waals surface area contributed by atoms with Gasteiger partial charge in [0.2, 0.25) is 0 Å². The van der Waals surface area contributed by atoms with E-state index in [1.807, 2.05) is 0 Å². The van der Waals surface area contributed by atoms with Crippen LogP contribution in [-0.4, -0.2) is 22.2 Å². The molecule has 1 aromatic rings. The van der Waals surface area contributed by atoms with Crippen LogP contribution in [0.2, 0.25) is 0 Å². The molecule has 0 aliphatic heterocycles. The third-order valence-corrected chi connectivity index (χ3v) is 2.35. The number of hydrogen-bond acceptors (Lipinski definition) is 4. The zero-order valence-electron chi connectivity index (χ0n) is 10.3. The lowest BCUT2D eigenvalue weighted by Gasteiger charge is -2.17. The highest BCUT2D eigenvalue weighted by Crippen LogP contribution is 2.30. The third kappa shape index (κ3) is 4.03. The molecule has 0 saturated heterocycles. The summed E-state index contributed by atoms with van der Waals surface area (Å²) in [4.78, 5) is 10.4. The van der Waals surface area contributed by atoms with Gasteiger partial charge < -0.3 is 9.84 Å². The normalized spacial score (nSPS) is 11.3. The second-order valence-electron chi connectivity index (χ2n) is 4.59. The van der Waals surface area contributed by atoms with Crippen molar-refractivity contribution >= 4 is 5.69 Å². The van der Waals surface area contributed by atoms with Crippen molar-refractivity contribution in [3.63, 3.8) is 0 Å². The van der Waals surface area contributed by atoms with Gasteiger partial charge in [-0.2, -0.15) is 0 Å². The van der Waals surface area contributed by atoms with E-state index in [1.54, 1.807) is 39.0 Å². The fourth-order valence-corrected chi connectivity index (χ4v) is 1.39. The van der Waals surface area contributed by atoms with Crippen molar-refractivity contribution in [3.05, 3.63) is 33.9 Å². The van der Waals surface area contributed by atoms with Crippen molar-refractivity contribution < 1.29 is 14.8 Å². The van der Waals surface area contributed by atoms with E-state index in [9.17, 15) is 15.2 Å². The number of ether oxygens (including phenoxy) is 1. The van der Waals surface area contributed by atoms with Gasteiger partial charge in [-0.05, 0) is 26.8 Å². The van der Waals surface area contributed by atoms with Crippen LogP contribution in [0.25, 0.3) is 0 Å². The van der Waals surface area contributed by atoms with Crippen molar-refractivity contribution in [1.29, 1.82) is 0 Å². The Morgan fingerprint density at radius 1 is 1.47 bits per heavy atom. The first-order chi connectivity index (χ1) is 7.81. The second kappa shape index (κ2) is 5.14. The minimum atomic E-state index is -0.835. The van der Waals surface area contributed by atoms with Crippen LogP contribution < -0.4 is 4.74 Å². The van der Waals surface area contributed by atoms with E-state index in [0.717, 1.165) is 0 Å². The predicted molar refractivity (Wildman–Crippen MR) is 64.2 cm³/mol. The molecular formula is C12H17NO4. The molecule has 0 atom stereocenters. The Hall–Kier alpha value is -1.62. The van der Waals surface area contributed by atoms with Gasteiger partial charge in [0.05, 0.1) is 17.1 Å². The average molecular weight is 239 g/mol. The second-order valence-corrected chi connectivity index (χ2v) is 4.59. The van der Waals surface area contributed by atoms with Crippen molar-refractivity contribution in [1.82, 2.24) is 0 Å². The lowest BCUT2D eigenvalue weighted by molar-refractivity contribution is -0.386. The smallest absolute Gasteiger partial charge is 0.313 e. The number of aliphatic hydroxyl groups is 1. The van der Waals surface area contributed by atoms with Crippen LogP contribution in [0.4, 0.5) is 5.69 Å². The molecule has 5 heteroatoms. The van der Waals surface area contributed by atoms with Crippen molar-refractivity contribution in [2.45, 2.75) is 32.8 Å². The number of nitro groups is 1. The molecule has 1 aromatic carbocycles. The van der Waals surface area contributed by atoms with Crippen LogP contribution in [0, 0.1) is 17.0 Å². The zero-order chi connectivity index (χ0) is 13.1. The largest absolute Gasteiger partial charge is 0.487 e. The van der Waals surface area contributed by atoms with Gasteiger partial charge >= 0.3 is 5.69 Å². The van der Waals surface area contributed by atoms with Crippen LogP contribution in [0.1, 0.15) is 25.8 Å². The number of rotatable bonds is 5. The summed E-state index contributed by atoms with van der Waals surface area (Å²) in [7, 11) is 0. The number of hydrogen-bond donors (Lipinski definition) is 1. The van der Waals surface area contributed by atoms with Crippen molar-refractivity contribution in [3.8, 4) is 5.75 Å². The third-order valence-electron chi connectivity index (χ3n) is 2.35. The van der Waals surface area contributed by atoms with Gasteiger partial charge in [0, 0.05) is 12.0 Å². The van der Waals surface area contributed by atoms with E-state index in [-0.39, 0.29) is 18.0 Å². The molecule has 0 bridgehead atoms. The van der Waals surface area contributed by atoms with Crippen molar-refractivity contribution in [2.24, 2.45) is 0 Å². The quantitative estimate of drug-likeness (QED) is 0.632. The molecular weight excluding hydrogens is 222 g/mol. The number of nitrogens with zero attached hydrogens (tertiary/aromatic N) is 1. The molecule has 94 valence electrons. The minimum Gasteiger partial charge on any atom is -0.487 e. The fourth-order valence-electron chi connectivity index (χ4n) is 1.39. The van der Waals surface area contributed by atoms with E-state index in [0.29, 0.717) is 12.0 Å². The Balaban J connectivity index is 2.78. The molecule has 0 unspecified atom stereocenters. The van der Waals surface area contributed by atoms with Gasteiger partial charge in [0.25, 0.3) is 0 Å². The highest BCUT2D eigenvalue weighted by molar-refractivity contribution is 5.51. The molecule has 0 radical (unpaired) electrons. The number of nitro benzene ring substituents is 1. The number of benzene rings is 1. The summed E-state index contributed by atoms with van der Waals surface area (Å²) in [5, 5.41) is 20.4. The van der Waals surface area contributed by atoms with E-state index in [4.69, 9.17) is 4.74 Å². The Bertz CT molecular complexity index is 409. The predicted octanol–water partition coefficient (Wildman–Crippen LogP) is 2.44. The molecule has 0 aromatic heterocycles. The summed E-state index contributed by atoms with van der Waals surface area (Å²) in [6, 6.07) is 4.94. The van der Waals surface area contributed by atoms with E-state index >= 15 is 0 Å². The van der Waals surface area contributed by atoms with Crippen LogP contribution in [0.15, 0.2) is 18.2 Å². The molecule has 0 heterocycles. The van der Waals surface area contributed by atoms with Crippen LogP contribution >= 0.6 is 0 Å². The lowest BCUT2D eigenvalue weighted by atomic mass is 10.1. The molecule has 0 aliphatic rings. The molecule has 0 saturated carbocycles. The van der Waals surface area contributed by atoms with Crippen LogP contribution in [0.5, 0.6) is 5.75 Å². The Morgan fingerprint density at radius 2 is 2.12 bits per heavy atom. The fraction of sp³-hybridized carbons (Fsp3) is 0.500. The molecule has 1 rings (SSSR count). The molecule has 1 N–H and O–H groups in total. The van der Waals surface area contributed by atoms with E-state index < -0.39 is 10.5 Å². The van der Waals surface area contributed by atoms with Gasteiger partial charge in [-0.15, -0.1) is 0 Å². The van der Waals surface area contributed by atoms with Gasteiger partial charge in [-0.1, -0.05) is 12.1 Å². The maximum absolute atomic E-state index is 10.9. The van der Waals surface area contributed by atoms with Gasteiger partial charge in [-0.3, -0.25) is 10.1 Å². The monoisotopic (exact) mass is 239 g/mol. The van der Waals surface area contributed by atoms with Gasteiger partial charge in [0.1, 0.15) is 0 Å². The summed E-state index contributed by atoms with van der Waals surface area (Å²) in [5.74, 6) is 0.249. The molecule has 0 amide bonds. The maximum atomic E-state index is 10.9. The maximum Gasteiger partial charge on any atom is 0.313 e. The van der Waals surface area contributed by atoms with E-state index in [1.165, 1.54) is 0 Å². The Labute approximate surface area is 100 Å². The average Bonchev–Trinajstić information content (AvgIpc) is 2.14. The molecule has 5 nitrogen and oxygen atoms in total.